The first-order valence-electron chi connectivity index (χ1n) is 10.0. The summed E-state index contributed by atoms with van der Waals surface area (Å²) in [6.45, 7) is 0. The average molecular weight is 446 g/mol. The Morgan fingerprint density at radius 3 is 2.15 bits per heavy atom. The molecule has 2 N–H and O–H groups in total. The van der Waals surface area contributed by atoms with Crippen LogP contribution in [0.2, 0.25) is 0 Å². The third-order valence-electron chi connectivity index (χ3n) is 5.05. The van der Waals surface area contributed by atoms with E-state index in [0.29, 0.717) is 39.5 Å². The van der Waals surface area contributed by atoms with E-state index < -0.39 is 5.91 Å². The van der Waals surface area contributed by atoms with Gasteiger partial charge in [0, 0.05) is 17.0 Å². The molecule has 168 valence electrons. The van der Waals surface area contributed by atoms with Crippen molar-refractivity contribution in [3.63, 3.8) is 0 Å². The number of amides is 2. The van der Waals surface area contributed by atoms with Gasteiger partial charge in [0.05, 0.1) is 27.0 Å². The van der Waals surface area contributed by atoms with E-state index in [4.69, 9.17) is 18.6 Å². The number of nitrogens with one attached hydrogen (secondary N) is 2. The molecule has 4 aromatic rings. The SMILES string of the molecule is COc1ccc(C(=O)Nc2c(C(=O)Nc3ccc(OC)cc3OC)oc3ccccc23)cc1. The molecule has 0 spiro atoms. The van der Waals surface area contributed by atoms with Crippen LogP contribution in [0.15, 0.2) is 71.1 Å². The number of rotatable bonds is 7. The van der Waals surface area contributed by atoms with Crippen molar-refractivity contribution in [2.45, 2.75) is 0 Å². The van der Waals surface area contributed by atoms with E-state index in [1.807, 2.05) is 0 Å². The number of hydrogen-bond donors (Lipinski definition) is 2. The van der Waals surface area contributed by atoms with E-state index in [1.54, 1.807) is 80.9 Å². The molecule has 2 amide bonds. The Morgan fingerprint density at radius 1 is 0.758 bits per heavy atom. The van der Waals surface area contributed by atoms with E-state index in [9.17, 15) is 9.59 Å². The molecule has 0 saturated heterocycles. The first-order valence-corrected chi connectivity index (χ1v) is 10.0. The standard InChI is InChI=1S/C25H22N2O6/c1-30-16-10-8-15(9-11-16)24(28)27-22-18-6-4-5-7-20(18)33-23(22)25(29)26-19-13-12-17(31-2)14-21(19)32-3/h4-14H,1-3H3,(H,26,29)(H,27,28). The molecule has 1 heterocycles. The van der Waals surface area contributed by atoms with Crippen LogP contribution in [0.5, 0.6) is 17.2 Å². The molecule has 8 heteroatoms. The van der Waals surface area contributed by atoms with Gasteiger partial charge in [-0.25, -0.2) is 0 Å². The third kappa shape index (κ3) is 4.45. The first-order chi connectivity index (χ1) is 16.0. The van der Waals surface area contributed by atoms with Crippen LogP contribution in [0, 0.1) is 0 Å². The summed E-state index contributed by atoms with van der Waals surface area (Å²) in [5.41, 5.74) is 1.58. The molecule has 1 aromatic heterocycles. The van der Waals surface area contributed by atoms with Crippen LogP contribution in [0.3, 0.4) is 0 Å². The van der Waals surface area contributed by atoms with Gasteiger partial charge in [-0.1, -0.05) is 12.1 Å². The van der Waals surface area contributed by atoms with Crippen molar-refractivity contribution in [2.24, 2.45) is 0 Å². The number of furan rings is 1. The summed E-state index contributed by atoms with van der Waals surface area (Å²) in [5, 5.41) is 6.20. The number of para-hydroxylation sites is 1. The Hall–Kier alpha value is -4.46. The Kier molecular flexibility index (Phi) is 6.17. The molecule has 0 saturated carbocycles. The lowest BCUT2D eigenvalue weighted by Crippen LogP contribution is -2.17. The van der Waals surface area contributed by atoms with E-state index in [0.717, 1.165) is 0 Å². The van der Waals surface area contributed by atoms with Gasteiger partial charge in [0.15, 0.2) is 0 Å². The maximum atomic E-state index is 13.2. The third-order valence-corrected chi connectivity index (χ3v) is 5.05. The molecular weight excluding hydrogens is 424 g/mol. The fourth-order valence-electron chi connectivity index (χ4n) is 3.34. The Balaban J connectivity index is 1.67. The Morgan fingerprint density at radius 2 is 1.45 bits per heavy atom. The lowest BCUT2D eigenvalue weighted by Gasteiger charge is -2.12. The van der Waals surface area contributed by atoms with E-state index in [2.05, 4.69) is 10.6 Å². The summed E-state index contributed by atoms with van der Waals surface area (Å²) in [5.74, 6) is 0.674. The minimum atomic E-state index is -0.542. The summed E-state index contributed by atoms with van der Waals surface area (Å²) in [4.78, 5) is 26.1. The summed E-state index contributed by atoms with van der Waals surface area (Å²) in [7, 11) is 4.58. The maximum Gasteiger partial charge on any atom is 0.293 e. The number of hydrogen-bond acceptors (Lipinski definition) is 6. The quantitative estimate of drug-likeness (QED) is 0.416. The van der Waals surface area contributed by atoms with E-state index >= 15 is 0 Å². The normalized spacial score (nSPS) is 10.5. The zero-order valence-electron chi connectivity index (χ0n) is 18.3. The van der Waals surface area contributed by atoms with Crippen molar-refractivity contribution in [2.75, 3.05) is 32.0 Å². The molecule has 0 fully saturated rings. The summed E-state index contributed by atoms with van der Waals surface area (Å²) < 4.78 is 21.5. The number of carbonyl (C=O) groups is 2. The predicted molar refractivity (Wildman–Crippen MR) is 125 cm³/mol. The van der Waals surface area contributed by atoms with Crippen LogP contribution < -0.4 is 24.8 Å². The first kappa shape index (κ1) is 21.8. The molecule has 0 aliphatic rings. The zero-order chi connectivity index (χ0) is 23.4. The maximum absolute atomic E-state index is 13.2. The number of ether oxygens (including phenoxy) is 3. The fraction of sp³-hybridized carbons (Fsp3) is 0.120. The highest BCUT2D eigenvalue weighted by Gasteiger charge is 2.23. The second-order valence-electron chi connectivity index (χ2n) is 7.01. The van der Waals surface area contributed by atoms with Crippen LogP contribution in [-0.2, 0) is 0 Å². The molecule has 3 aromatic carbocycles. The van der Waals surface area contributed by atoms with Crippen molar-refractivity contribution in [1.29, 1.82) is 0 Å². The molecular formula is C25H22N2O6. The zero-order valence-corrected chi connectivity index (χ0v) is 18.3. The number of benzene rings is 3. The number of methoxy groups -OCH3 is 3. The highest BCUT2D eigenvalue weighted by Crippen LogP contribution is 2.34. The molecule has 0 aliphatic carbocycles. The molecule has 0 unspecified atom stereocenters. The van der Waals surface area contributed by atoms with Gasteiger partial charge in [-0.3, -0.25) is 9.59 Å². The molecule has 0 aliphatic heterocycles. The molecule has 4 rings (SSSR count). The lowest BCUT2D eigenvalue weighted by molar-refractivity contribution is 0.0999. The summed E-state index contributed by atoms with van der Waals surface area (Å²) in [6, 6.07) is 18.7. The van der Waals surface area contributed by atoms with Gasteiger partial charge in [-0.05, 0) is 48.5 Å². The van der Waals surface area contributed by atoms with Gasteiger partial charge in [0.2, 0.25) is 5.76 Å². The molecule has 33 heavy (non-hydrogen) atoms. The topological polar surface area (TPSA) is 99.0 Å². The minimum absolute atomic E-state index is 0.0315. The van der Waals surface area contributed by atoms with Crippen LogP contribution in [-0.4, -0.2) is 33.1 Å². The van der Waals surface area contributed by atoms with Crippen molar-refractivity contribution < 1.29 is 28.2 Å². The number of carbonyl (C=O) groups excluding carboxylic acids is 2. The van der Waals surface area contributed by atoms with Crippen molar-refractivity contribution >= 4 is 34.2 Å². The van der Waals surface area contributed by atoms with Gasteiger partial charge < -0.3 is 29.3 Å². The minimum Gasteiger partial charge on any atom is -0.497 e. The predicted octanol–water partition coefficient (Wildman–Crippen LogP) is 4.96. The van der Waals surface area contributed by atoms with Crippen molar-refractivity contribution in [1.82, 2.24) is 0 Å². The van der Waals surface area contributed by atoms with Crippen LogP contribution in [0.25, 0.3) is 11.0 Å². The van der Waals surface area contributed by atoms with Crippen LogP contribution in [0.4, 0.5) is 11.4 Å². The van der Waals surface area contributed by atoms with E-state index in [-0.39, 0.29) is 17.4 Å². The second kappa shape index (κ2) is 9.35. The molecule has 0 atom stereocenters. The summed E-state index contributed by atoms with van der Waals surface area (Å²) in [6.07, 6.45) is 0. The molecule has 0 bridgehead atoms. The Bertz CT molecular complexity index is 1310. The van der Waals surface area contributed by atoms with Crippen LogP contribution >= 0.6 is 0 Å². The highest BCUT2D eigenvalue weighted by molar-refractivity contribution is 6.17. The fourth-order valence-corrected chi connectivity index (χ4v) is 3.34. The van der Waals surface area contributed by atoms with Gasteiger partial charge in [-0.15, -0.1) is 0 Å². The number of fused-ring (bicyclic) bond motifs is 1. The van der Waals surface area contributed by atoms with Gasteiger partial charge in [0.25, 0.3) is 11.8 Å². The lowest BCUT2D eigenvalue weighted by atomic mass is 10.1. The average Bonchev–Trinajstić information content (AvgIpc) is 3.22. The number of anilines is 2. The Labute approximate surface area is 190 Å². The monoisotopic (exact) mass is 446 g/mol. The second-order valence-corrected chi connectivity index (χ2v) is 7.01. The molecule has 8 nitrogen and oxygen atoms in total. The van der Waals surface area contributed by atoms with Crippen molar-refractivity contribution in [3.05, 3.63) is 78.1 Å². The van der Waals surface area contributed by atoms with Gasteiger partial charge in [0.1, 0.15) is 28.5 Å². The summed E-state index contributed by atoms with van der Waals surface area (Å²) >= 11 is 0. The van der Waals surface area contributed by atoms with Crippen LogP contribution in [0.1, 0.15) is 20.9 Å². The van der Waals surface area contributed by atoms with E-state index in [1.165, 1.54) is 7.11 Å². The highest BCUT2D eigenvalue weighted by atomic mass is 16.5. The smallest absolute Gasteiger partial charge is 0.293 e. The van der Waals surface area contributed by atoms with Crippen molar-refractivity contribution in [3.8, 4) is 17.2 Å². The van der Waals surface area contributed by atoms with Gasteiger partial charge >= 0.3 is 0 Å². The largest absolute Gasteiger partial charge is 0.497 e. The van der Waals surface area contributed by atoms with Gasteiger partial charge in [-0.2, -0.15) is 0 Å². The molecule has 0 radical (unpaired) electrons.